The van der Waals surface area contributed by atoms with Crippen LogP contribution in [0.1, 0.15) is 5.56 Å². The number of anilines is 1. The van der Waals surface area contributed by atoms with Crippen molar-refractivity contribution in [2.24, 2.45) is 0 Å². The van der Waals surface area contributed by atoms with E-state index in [0.29, 0.717) is 12.2 Å². The van der Waals surface area contributed by atoms with Crippen molar-refractivity contribution in [1.29, 1.82) is 0 Å². The summed E-state index contributed by atoms with van der Waals surface area (Å²) in [5.41, 5.74) is 7.16. The Morgan fingerprint density at radius 2 is 2.08 bits per heavy atom. The third kappa shape index (κ3) is 2.88. The summed E-state index contributed by atoms with van der Waals surface area (Å²) >= 11 is 0. The molecule has 3 heteroatoms. The molecule has 0 fully saturated rings. The molecule has 0 unspecified atom stereocenters. The highest BCUT2D eigenvalue weighted by molar-refractivity contribution is 5.92. The van der Waals surface area contributed by atoms with Gasteiger partial charge in [0.05, 0.1) is 0 Å². The number of nitrogens with one attached hydrogen (secondary N) is 1. The number of rotatable bonds is 2. The van der Waals surface area contributed by atoms with Gasteiger partial charge in [0, 0.05) is 12.2 Å². The number of carbonyl (C=O) groups excluding carboxylic acids is 1. The van der Waals surface area contributed by atoms with Crippen LogP contribution in [0.15, 0.2) is 24.3 Å². The van der Waals surface area contributed by atoms with Crippen LogP contribution in [-0.2, 0) is 11.3 Å². The first-order valence-electron chi connectivity index (χ1n) is 3.81. The number of hydrogen-bond donors (Lipinski definition) is 2. The van der Waals surface area contributed by atoms with E-state index in [2.05, 4.69) is 5.32 Å². The van der Waals surface area contributed by atoms with Gasteiger partial charge in [-0.15, -0.1) is 6.42 Å². The van der Waals surface area contributed by atoms with E-state index in [1.165, 1.54) is 0 Å². The average molecular weight is 174 g/mol. The van der Waals surface area contributed by atoms with E-state index >= 15 is 0 Å². The Hall–Kier alpha value is -1.95. The summed E-state index contributed by atoms with van der Waals surface area (Å²) in [5, 5.41) is 2.55. The molecular weight excluding hydrogens is 164 g/mol. The van der Waals surface area contributed by atoms with E-state index in [4.69, 9.17) is 12.2 Å². The fraction of sp³-hybridized carbons (Fsp3) is 0.100. The molecule has 0 aromatic heterocycles. The Balaban J connectivity index is 2.52. The fourth-order valence-electron chi connectivity index (χ4n) is 0.869. The second-order valence-corrected chi connectivity index (χ2v) is 2.57. The van der Waals surface area contributed by atoms with Crippen molar-refractivity contribution in [3.05, 3.63) is 29.8 Å². The minimum absolute atomic E-state index is 0.406. The molecule has 1 aromatic rings. The smallest absolute Gasteiger partial charge is 0.295 e. The van der Waals surface area contributed by atoms with E-state index in [0.717, 1.165) is 5.56 Å². The van der Waals surface area contributed by atoms with E-state index in [1.807, 2.05) is 18.1 Å². The monoisotopic (exact) mass is 174 g/mol. The summed E-state index contributed by atoms with van der Waals surface area (Å²) in [4.78, 5) is 10.7. The normalized spacial score (nSPS) is 8.85. The average Bonchev–Trinajstić information content (AvgIpc) is 2.16. The molecule has 0 heterocycles. The van der Waals surface area contributed by atoms with Gasteiger partial charge < -0.3 is 11.1 Å². The predicted octanol–water partition coefficient (Wildman–Crippen LogP) is 0.518. The van der Waals surface area contributed by atoms with Gasteiger partial charge in [-0.1, -0.05) is 12.1 Å². The second-order valence-electron chi connectivity index (χ2n) is 2.57. The lowest BCUT2D eigenvalue weighted by Gasteiger charge is -2.01. The van der Waals surface area contributed by atoms with Crippen molar-refractivity contribution in [2.75, 3.05) is 5.73 Å². The van der Waals surface area contributed by atoms with Gasteiger partial charge in [0.1, 0.15) is 0 Å². The number of amides is 1. The lowest BCUT2D eigenvalue weighted by molar-refractivity contribution is -0.115. The number of carbonyl (C=O) groups is 1. The molecule has 3 N–H and O–H groups in total. The highest BCUT2D eigenvalue weighted by Gasteiger charge is 1.95. The second kappa shape index (κ2) is 4.17. The Kier molecular flexibility index (Phi) is 2.93. The summed E-state index contributed by atoms with van der Waals surface area (Å²) in [6, 6.07) is 7.23. The number of hydrogen-bond acceptors (Lipinski definition) is 2. The Morgan fingerprint density at radius 3 is 2.62 bits per heavy atom. The van der Waals surface area contributed by atoms with Gasteiger partial charge in [0.15, 0.2) is 0 Å². The SMILES string of the molecule is C#CC(=O)NCc1ccc(N)cc1. The van der Waals surface area contributed by atoms with Gasteiger partial charge in [-0.3, -0.25) is 4.79 Å². The molecule has 0 atom stereocenters. The van der Waals surface area contributed by atoms with Crippen molar-refractivity contribution in [2.45, 2.75) is 6.54 Å². The predicted molar refractivity (Wildman–Crippen MR) is 51.5 cm³/mol. The fourth-order valence-corrected chi connectivity index (χ4v) is 0.869. The van der Waals surface area contributed by atoms with Crippen molar-refractivity contribution >= 4 is 11.6 Å². The summed E-state index contributed by atoms with van der Waals surface area (Å²) in [5.74, 6) is 1.57. The Labute approximate surface area is 76.9 Å². The number of nitrogen functional groups attached to an aromatic ring is 1. The maximum Gasteiger partial charge on any atom is 0.295 e. The molecule has 3 nitrogen and oxygen atoms in total. The first-order valence-corrected chi connectivity index (χ1v) is 3.81. The van der Waals surface area contributed by atoms with Gasteiger partial charge in [0.25, 0.3) is 5.91 Å². The zero-order valence-electron chi connectivity index (χ0n) is 7.08. The third-order valence-electron chi connectivity index (χ3n) is 1.56. The molecule has 0 spiro atoms. The van der Waals surface area contributed by atoms with Gasteiger partial charge in [-0.2, -0.15) is 0 Å². The molecule has 1 amide bonds. The minimum Gasteiger partial charge on any atom is -0.399 e. The maximum absolute atomic E-state index is 10.7. The summed E-state index contributed by atoms with van der Waals surface area (Å²) in [7, 11) is 0. The van der Waals surface area contributed by atoms with Crippen LogP contribution < -0.4 is 11.1 Å². The van der Waals surface area contributed by atoms with Gasteiger partial charge >= 0.3 is 0 Å². The third-order valence-corrected chi connectivity index (χ3v) is 1.56. The molecule has 0 radical (unpaired) electrons. The molecule has 1 aromatic carbocycles. The van der Waals surface area contributed by atoms with Crippen molar-refractivity contribution in [3.63, 3.8) is 0 Å². The molecule has 0 aliphatic rings. The molecule has 0 saturated heterocycles. The largest absolute Gasteiger partial charge is 0.399 e. The molecule has 0 aliphatic heterocycles. The first kappa shape index (κ1) is 9.14. The van der Waals surface area contributed by atoms with Gasteiger partial charge in [-0.25, -0.2) is 0 Å². The molecule has 0 bridgehead atoms. The summed E-state index contributed by atoms with van der Waals surface area (Å²) in [6.07, 6.45) is 4.88. The number of nitrogens with two attached hydrogens (primary N) is 1. The zero-order chi connectivity index (χ0) is 9.68. The molecule has 0 aliphatic carbocycles. The molecule has 0 saturated carbocycles. The van der Waals surface area contributed by atoms with Gasteiger partial charge in [-0.05, 0) is 23.6 Å². The highest BCUT2D eigenvalue weighted by atomic mass is 16.1. The standard InChI is InChI=1S/C10H10N2O/c1-2-10(13)12-7-8-3-5-9(11)6-4-8/h1,3-6H,7,11H2,(H,12,13). The first-order chi connectivity index (χ1) is 6.22. The van der Waals surface area contributed by atoms with Crippen LogP contribution in [0.2, 0.25) is 0 Å². The van der Waals surface area contributed by atoms with Crippen molar-refractivity contribution < 1.29 is 4.79 Å². The van der Waals surface area contributed by atoms with E-state index in [9.17, 15) is 4.79 Å². The topological polar surface area (TPSA) is 55.1 Å². The molecular formula is C10H10N2O. The summed E-state index contributed by atoms with van der Waals surface area (Å²) < 4.78 is 0. The lowest BCUT2D eigenvalue weighted by Crippen LogP contribution is -2.20. The van der Waals surface area contributed by atoms with Crippen LogP contribution in [0.4, 0.5) is 5.69 Å². The van der Waals surface area contributed by atoms with E-state index in [-0.39, 0.29) is 0 Å². The lowest BCUT2D eigenvalue weighted by atomic mass is 10.2. The number of terminal acetylenes is 1. The quantitative estimate of drug-likeness (QED) is 0.507. The maximum atomic E-state index is 10.7. The summed E-state index contributed by atoms with van der Waals surface area (Å²) in [6.45, 7) is 0.434. The van der Waals surface area contributed by atoms with Crippen molar-refractivity contribution in [3.8, 4) is 12.3 Å². The van der Waals surface area contributed by atoms with Crippen LogP contribution in [0.5, 0.6) is 0 Å². The van der Waals surface area contributed by atoms with Crippen LogP contribution in [0, 0.1) is 12.3 Å². The van der Waals surface area contributed by atoms with E-state index < -0.39 is 5.91 Å². The molecule has 66 valence electrons. The van der Waals surface area contributed by atoms with E-state index in [1.54, 1.807) is 12.1 Å². The molecule has 1 rings (SSSR count). The Bertz CT molecular complexity index is 335. The van der Waals surface area contributed by atoms with Crippen LogP contribution in [0.25, 0.3) is 0 Å². The van der Waals surface area contributed by atoms with Crippen molar-refractivity contribution in [1.82, 2.24) is 5.32 Å². The van der Waals surface area contributed by atoms with Crippen LogP contribution in [-0.4, -0.2) is 5.91 Å². The number of benzene rings is 1. The zero-order valence-corrected chi connectivity index (χ0v) is 7.08. The van der Waals surface area contributed by atoms with Gasteiger partial charge in [0.2, 0.25) is 0 Å². The molecule has 13 heavy (non-hydrogen) atoms. The highest BCUT2D eigenvalue weighted by Crippen LogP contribution is 2.04. The minimum atomic E-state index is -0.406. The van der Waals surface area contributed by atoms with Crippen LogP contribution >= 0.6 is 0 Å². The Morgan fingerprint density at radius 1 is 1.46 bits per heavy atom. The van der Waals surface area contributed by atoms with Crippen LogP contribution in [0.3, 0.4) is 0 Å².